The van der Waals surface area contributed by atoms with E-state index in [-0.39, 0.29) is 21.2 Å². The topological polar surface area (TPSA) is 27.7 Å². The van der Waals surface area contributed by atoms with Crippen molar-refractivity contribution in [2.45, 2.75) is 59.3 Å². The molecular weight excluding hydrogens is 463 g/mol. The fourth-order valence-corrected chi connectivity index (χ4v) is 4.72. The normalized spacial score (nSPS) is 10.8. The van der Waals surface area contributed by atoms with E-state index in [1.54, 1.807) is 0 Å². The fourth-order valence-electron chi connectivity index (χ4n) is 2.48. The summed E-state index contributed by atoms with van der Waals surface area (Å²) in [5.41, 5.74) is 0. The van der Waals surface area contributed by atoms with Crippen molar-refractivity contribution in [2.75, 3.05) is 19.8 Å². The summed E-state index contributed by atoms with van der Waals surface area (Å²) in [6, 6.07) is 15.0. The summed E-state index contributed by atoms with van der Waals surface area (Å²) in [4.78, 5) is 0. The molecule has 0 aliphatic rings. The first-order valence-corrected chi connectivity index (χ1v) is 12.7. The first-order valence-electron chi connectivity index (χ1n) is 10.5. The minimum absolute atomic E-state index is 0.258. The number of benzene rings is 2. The van der Waals surface area contributed by atoms with Gasteiger partial charge in [-0.3, -0.25) is 0 Å². The van der Waals surface area contributed by atoms with Crippen LogP contribution in [0.25, 0.3) is 0 Å². The Hall–Kier alpha value is -1.43. The molecule has 0 heterocycles. The van der Waals surface area contributed by atoms with Crippen molar-refractivity contribution in [1.29, 1.82) is 0 Å². The first-order chi connectivity index (χ1) is 13.8. The van der Waals surface area contributed by atoms with Gasteiger partial charge < -0.3 is 0 Å². The summed E-state index contributed by atoms with van der Waals surface area (Å²) in [5, 5.41) is 0. The Bertz CT molecular complexity index is 670. The molecule has 0 N–H and O–H groups in total. The molecule has 3 nitrogen and oxygen atoms in total. The van der Waals surface area contributed by atoms with Crippen LogP contribution in [0, 0.1) is 7.14 Å². The van der Waals surface area contributed by atoms with Crippen LogP contribution in [0.4, 0.5) is 0 Å². The van der Waals surface area contributed by atoms with Crippen molar-refractivity contribution in [3.8, 4) is 17.2 Å². The molecule has 2 aromatic carbocycles. The zero-order valence-corrected chi connectivity index (χ0v) is 19.7. The van der Waals surface area contributed by atoms with E-state index in [1.165, 1.54) is 7.14 Å². The third-order valence-electron chi connectivity index (χ3n) is 4.22. The number of rotatable bonds is 14. The Balaban J connectivity index is 2.02. The second kappa shape index (κ2) is 13.7. The average Bonchev–Trinajstić information content (AvgIpc) is 2.71. The maximum absolute atomic E-state index is 6.03. The van der Waals surface area contributed by atoms with E-state index >= 15 is 0 Å². The second-order valence-corrected chi connectivity index (χ2v) is 9.78. The van der Waals surface area contributed by atoms with Gasteiger partial charge in [0.05, 0.1) is 0 Å². The average molecular weight is 497 g/mol. The van der Waals surface area contributed by atoms with E-state index in [0.29, 0.717) is 0 Å². The summed E-state index contributed by atoms with van der Waals surface area (Å²) in [7, 11) is 0. The van der Waals surface area contributed by atoms with Gasteiger partial charge in [-0.05, 0) is 0 Å². The zero-order valence-electron chi connectivity index (χ0n) is 17.5. The van der Waals surface area contributed by atoms with Crippen LogP contribution in [0.3, 0.4) is 0 Å². The summed E-state index contributed by atoms with van der Waals surface area (Å²) < 4.78 is 20.5. The van der Waals surface area contributed by atoms with E-state index in [4.69, 9.17) is 14.2 Å². The number of unbranched alkanes of at least 4 members (excludes halogenated alkanes) is 3. The van der Waals surface area contributed by atoms with Gasteiger partial charge in [0, 0.05) is 0 Å². The number of halogens is 1. The zero-order chi connectivity index (χ0) is 20.0. The third kappa shape index (κ3) is 8.29. The monoisotopic (exact) mass is 497 g/mol. The van der Waals surface area contributed by atoms with Crippen LogP contribution in [-0.4, -0.2) is 19.8 Å². The molecule has 28 heavy (non-hydrogen) atoms. The van der Waals surface area contributed by atoms with Crippen LogP contribution in [0.5, 0.6) is 17.2 Å². The van der Waals surface area contributed by atoms with Crippen LogP contribution in [-0.2, 0) is 0 Å². The molecule has 0 amide bonds. The predicted molar refractivity (Wildman–Crippen MR) is 111 cm³/mol. The molecule has 0 bridgehead atoms. The third-order valence-corrected chi connectivity index (χ3v) is 6.85. The van der Waals surface area contributed by atoms with Gasteiger partial charge in [0.2, 0.25) is 0 Å². The van der Waals surface area contributed by atoms with Crippen molar-refractivity contribution in [3.63, 3.8) is 0 Å². The fraction of sp³-hybridized carbons (Fsp3) is 0.500. The molecule has 0 saturated carbocycles. The molecule has 0 fully saturated rings. The first kappa shape index (κ1) is 22.9. The summed E-state index contributed by atoms with van der Waals surface area (Å²) in [6.07, 6.45) is 6.65. The van der Waals surface area contributed by atoms with E-state index < -0.39 is 0 Å². The Morgan fingerprint density at radius 2 is 1.14 bits per heavy atom. The van der Waals surface area contributed by atoms with Crippen LogP contribution in [0.2, 0.25) is 0 Å². The van der Waals surface area contributed by atoms with Crippen LogP contribution in [0.15, 0.2) is 42.5 Å². The quantitative estimate of drug-likeness (QED) is 0.296. The molecule has 0 atom stereocenters. The van der Waals surface area contributed by atoms with Crippen molar-refractivity contribution in [2.24, 2.45) is 0 Å². The Morgan fingerprint density at radius 1 is 0.607 bits per heavy atom. The standard InChI is InChI=1S/C24H34IO3/c1-4-7-16-26-22-13-10-20(11-14-22)25-21-12-15-23(27-17-8-5-2)24(19-21)28-18-9-6-3/h10-15,19H,4-9,16-18H2,1-3H3/q-1. The Kier molecular flexibility index (Phi) is 11.2. The molecule has 2 aromatic rings. The van der Waals surface area contributed by atoms with Gasteiger partial charge in [-0.25, -0.2) is 0 Å². The second-order valence-electron chi connectivity index (χ2n) is 6.75. The summed E-state index contributed by atoms with van der Waals surface area (Å²) in [6.45, 7) is 8.82. The molecular formula is C24H34IO3-. The van der Waals surface area contributed by atoms with Crippen molar-refractivity contribution < 1.29 is 35.4 Å². The summed E-state index contributed by atoms with van der Waals surface area (Å²) >= 11 is -0.258. The number of hydrogen-bond donors (Lipinski definition) is 0. The molecule has 4 heteroatoms. The van der Waals surface area contributed by atoms with Gasteiger partial charge in [0.1, 0.15) is 0 Å². The molecule has 156 valence electrons. The van der Waals surface area contributed by atoms with Gasteiger partial charge >= 0.3 is 181 Å². The molecule has 0 aromatic heterocycles. The molecule has 0 aliphatic carbocycles. The predicted octanol–water partition coefficient (Wildman–Crippen LogP) is 3.35. The van der Waals surface area contributed by atoms with E-state index in [0.717, 1.165) is 75.6 Å². The van der Waals surface area contributed by atoms with Gasteiger partial charge in [-0.2, -0.15) is 0 Å². The number of ether oxygens (including phenoxy) is 3. The Labute approximate surface area is 181 Å². The van der Waals surface area contributed by atoms with Gasteiger partial charge in [-0.15, -0.1) is 0 Å². The molecule has 0 radical (unpaired) electrons. The molecule has 0 saturated heterocycles. The van der Waals surface area contributed by atoms with Crippen molar-refractivity contribution in [1.82, 2.24) is 0 Å². The Morgan fingerprint density at radius 3 is 1.75 bits per heavy atom. The number of hydrogen-bond acceptors (Lipinski definition) is 3. The molecule has 0 spiro atoms. The maximum atomic E-state index is 6.03. The molecule has 2 rings (SSSR count). The molecule has 0 unspecified atom stereocenters. The van der Waals surface area contributed by atoms with Crippen LogP contribution >= 0.6 is 0 Å². The van der Waals surface area contributed by atoms with Crippen LogP contribution in [0.1, 0.15) is 59.3 Å². The SMILES string of the molecule is CCCCOc1ccc([I-]c2ccc(OCCCC)c(OCCCC)c2)cc1. The van der Waals surface area contributed by atoms with E-state index in [9.17, 15) is 0 Å². The minimum atomic E-state index is -0.258. The van der Waals surface area contributed by atoms with Gasteiger partial charge in [0.25, 0.3) is 0 Å². The molecule has 0 aliphatic heterocycles. The van der Waals surface area contributed by atoms with Crippen molar-refractivity contribution >= 4 is 0 Å². The van der Waals surface area contributed by atoms with Crippen molar-refractivity contribution in [3.05, 3.63) is 49.6 Å². The van der Waals surface area contributed by atoms with Crippen LogP contribution < -0.4 is 35.4 Å². The van der Waals surface area contributed by atoms with Gasteiger partial charge in [-0.1, -0.05) is 0 Å². The van der Waals surface area contributed by atoms with Gasteiger partial charge in [0.15, 0.2) is 0 Å². The van der Waals surface area contributed by atoms with E-state index in [1.807, 2.05) is 0 Å². The van der Waals surface area contributed by atoms with E-state index in [2.05, 4.69) is 63.2 Å². The summed E-state index contributed by atoms with van der Waals surface area (Å²) in [5.74, 6) is 2.72.